The first-order valence-corrected chi connectivity index (χ1v) is 3.75. The Morgan fingerprint density at radius 2 is 1.90 bits per heavy atom. The topological polar surface area (TPSA) is 9.23 Å². The molecule has 0 rings (SSSR count). The van der Waals surface area contributed by atoms with Crippen molar-refractivity contribution in [3.05, 3.63) is 0 Å². The molecule has 0 amide bonds. The Labute approximate surface area is 62.3 Å². The molecule has 0 fully saturated rings. The monoisotopic (exact) mass is 170 g/mol. The minimum Gasteiger partial charge on any atom is -0.346 e. The van der Waals surface area contributed by atoms with Crippen LogP contribution >= 0.6 is 9.24 Å². The highest BCUT2D eigenvalue weighted by atomic mass is 31.0. The maximum atomic E-state index is 13.1. The van der Waals surface area contributed by atoms with Gasteiger partial charge in [0.05, 0.1) is 0 Å². The molecule has 0 saturated carbocycles. The quantitative estimate of drug-likeness (QED) is 0.589. The normalized spacial score (nSPS) is 20.7. The van der Waals surface area contributed by atoms with Crippen molar-refractivity contribution in [1.82, 2.24) is 0 Å². The minimum atomic E-state index is -2.16. The van der Waals surface area contributed by atoms with E-state index in [1.165, 1.54) is 0 Å². The Morgan fingerprint density at radius 3 is 1.90 bits per heavy atom. The lowest BCUT2D eigenvalue weighted by Gasteiger charge is -2.28. The zero-order valence-electron chi connectivity index (χ0n) is 6.40. The van der Waals surface area contributed by atoms with Crippen molar-refractivity contribution in [1.29, 1.82) is 0 Å². The van der Waals surface area contributed by atoms with Crippen molar-refractivity contribution < 1.29 is 13.5 Å². The third-order valence-corrected chi connectivity index (χ3v) is 1.93. The molecule has 0 spiro atoms. The number of halogens is 2. The van der Waals surface area contributed by atoms with Crippen molar-refractivity contribution >= 4 is 9.24 Å². The van der Waals surface area contributed by atoms with E-state index in [0.717, 1.165) is 7.11 Å². The number of hydrogen-bond donors (Lipinski definition) is 0. The van der Waals surface area contributed by atoms with Crippen LogP contribution in [0.5, 0.6) is 0 Å². The van der Waals surface area contributed by atoms with Crippen molar-refractivity contribution in [3.8, 4) is 0 Å². The maximum absolute atomic E-state index is 13.1. The summed E-state index contributed by atoms with van der Waals surface area (Å²) in [6.45, 7) is 3.14. The molecule has 10 heavy (non-hydrogen) atoms. The molecule has 0 aromatic heterocycles. The Balaban J connectivity index is 4.23. The molecule has 0 aliphatic carbocycles. The maximum Gasteiger partial charge on any atom is 0.246 e. The van der Waals surface area contributed by atoms with Gasteiger partial charge in [-0.05, 0) is 0 Å². The van der Waals surface area contributed by atoms with Crippen LogP contribution in [-0.2, 0) is 4.74 Å². The highest BCUT2D eigenvalue weighted by Crippen LogP contribution is 2.32. The van der Waals surface area contributed by atoms with Crippen molar-refractivity contribution in [2.24, 2.45) is 5.92 Å². The van der Waals surface area contributed by atoms with Crippen molar-refractivity contribution in [2.45, 2.75) is 25.6 Å². The van der Waals surface area contributed by atoms with Crippen molar-refractivity contribution in [3.63, 3.8) is 0 Å². The van der Waals surface area contributed by atoms with Gasteiger partial charge in [0.1, 0.15) is 0 Å². The molecular weight excluding hydrogens is 157 g/mol. The first kappa shape index (κ1) is 10.2. The van der Waals surface area contributed by atoms with Gasteiger partial charge in [0.2, 0.25) is 5.85 Å². The summed E-state index contributed by atoms with van der Waals surface area (Å²) in [6, 6.07) is 0. The summed E-state index contributed by atoms with van der Waals surface area (Å²) in [4.78, 5) is 0. The van der Waals surface area contributed by atoms with Gasteiger partial charge in [0, 0.05) is 13.0 Å². The molecule has 0 aliphatic rings. The zero-order valence-corrected chi connectivity index (χ0v) is 7.55. The number of methoxy groups -OCH3 is 1. The van der Waals surface area contributed by atoms with Gasteiger partial charge in [-0.3, -0.25) is 0 Å². The first-order valence-electron chi connectivity index (χ1n) is 3.08. The summed E-state index contributed by atoms with van der Waals surface area (Å²) < 4.78 is 30.0. The van der Waals surface area contributed by atoms with Crippen LogP contribution in [0.4, 0.5) is 8.78 Å². The average molecular weight is 170 g/mol. The molecule has 1 nitrogen and oxygen atoms in total. The molecule has 0 radical (unpaired) electrons. The van der Waals surface area contributed by atoms with E-state index in [-0.39, 0.29) is 0 Å². The fraction of sp³-hybridized carbons (Fsp3) is 1.00. The molecular formula is C6H13F2OP. The van der Waals surface area contributed by atoms with Gasteiger partial charge in [-0.2, -0.15) is 0 Å². The highest BCUT2D eigenvalue weighted by Gasteiger charge is 2.40. The van der Waals surface area contributed by atoms with E-state index >= 15 is 0 Å². The third-order valence-electron chi connectivity index (χ3n) is 1.48. The smallest absolute Gasteiger partial charge is 0.246 e. The molecule has 0 bridgehead atoms. The van der Waals surface area contributed by atoms with Crippen LogP contribution in [0.2, 0.25) is 0 Å². The van der Waals surface area contributed by atoms with Crippen LogP contribution in [-0.4, -0.2) is 18.9 Å². The molecule has 0 N–H and O–H groups in total. The van der Waals surface area contributed by atoms with E-state index in [4.69, 9.17) is 0 Å². The van der Waals surface area contributed by atoms with E-state index in [2.05, 4.69) is 4.74 Å². The lowest BCUT2D eigenvalue weighted by Crippen LogP contribution is -2.38. The van der Waals surface area contributed by atoms with E-state index in [0.29, 0.717) is 0 Å². The first-order chi connectivity index (χ1) is 4.45. The molecule has 62 valence electrons. The number of ether oxygens (including phenoxy) is 1. The van der Waals surface area contributed by atoms with Crippen LogP contribution < -0.4 is 0 Å². The lowest BCUT2D eigenvalue weighted by atomic mass is 10.1. The summed E-state index contributed by atoms with van der Waals surface area (Å²) in [5.41, 5.74) is 0. The van der Waals surface area contributed by atoms with Gasteiger partial charge in [0.25, 0.3) is 0 Å². The van der Waals surface area contributed by atoms with E-state index in [1.54, 1.807) is 23.1 Å². The van der Waals surface area contributed by atoms with Gasteiger partial charge >= 0.3 is 0 Å². The fourth-order valence-electron chi connectivity index (χ4n) is 0.667. The Kier molecular flexibility index (Phi) is 3.68. The number of rotatable bonds is 3. The second kappa shape index (κ2) is 3.59. The third kappa shape index (κ3) is 1.86. The van der Waals surface area contributed by atoms with Gasteiger partial charge in [-0.1, -0.05) is 23.1 Å². The van der Waals surface area contributed by atoms with E-state index in [9.17, 15) is 8.78 Å². The Bertz CT molecular complexity index is 97.9. The summed E-state index contributed by atoms with van der Waals surface area (Å²) in [5.74, 6) is -4.31. The molecule has 0 aliphatic heterocycles. The second-order valence-electron chi connectivity index (χ2n) is 2.46. The molecule has 4 heteroatoms. The lowest BCUT2D eigenvalue weighted by molar-refractivity contribution is -0.175. The summed E-state index contributed by atoms with van der Waals surface area (Å²) in [7, 11) is 2.91. The number of alkyl halides is 2. The predicted octanol–water partition coefficient (Wildman–Crippen LogP) is 2.13. The van der Waals surface area contributed by atoms with Crippen LogP contribution in [0, 0.1) is 5.92 Å². The van der Waals surface area contributed by atoms with Crippen LogP contribution in [0.25, 0.3) is 0 Å². The fourth-order valence-corrected chi connectivity index (χ4v) is 1.19. The zero-order chi connectivity index (χ0) is 8.36. The second-order valence-corrected chi connectivity index (χ2v) is 3.04. The average Bonchev–Trinajstić information content (AvgIpc) is 1.85. The summed E-state index contributed by atoms with van der Waals surface area (Å²) in [6.07, 6.45) is 0. The van der Waals surface area contributed by atoms with Gasteiger partial charge < -0.3 is 4.74 Å². The van der Waals surface area contributed by atoms with E-state index < -0.39 is 17.7 Å². The van der Waals surface area contributed by atoms with Gasteiger partial charge in [-0.15, -0.1) is 0 Å². The SMILES string of the molecule is COC(F)(C(C)C)C(F)P. The number of hydrogen-bond acceptors (Lipinski definition) is 1. The Morgan fingerprint density at radius 1 is 1.50 bits per heavy atom. The highest BCUT2D eigenvalue weighted by molar-refractivity contribution is 7.17. The van der Waals surface area contributed by atoms with Crippen LogP contribution in [0.3, 0.4) is 0 Å². The van der Waals surface area contributed by atoms with Crippen LogP contribution in [0.15, 0.2) is 0 Å². The standard InChI is InChI=1S/C6H13F2OP/c1-4(2)6(8,9-3)5(7)10/h4-5H,10H2,1-3H3. The van der Waals surface area contributed by atoms with Gasteiger partial charge in [0.15, 0.2) is 5.91 Å². The molecule has 0 saturated heterocycles. The molecule has 0 heterocycles. The van der Waals surface area contributed by atoms with Crippen LogP contribution in [0.1, 0.15) is 13.8 Å². The molecule has 0 aromatic rings. The molecule has 3 atom stereocenters. The van der Waals surface area contributed by atoms with Crippen molar-refractivity contribution in [2.75, 3.05) is 7.11 Å². The van der Waals surface area contributed by atoms with E-state index in [1.807, 2.05) is 0 Å². The van der Waals surface area contributed by atoms with Gasteiger partial charge in [-0.25, -0.2) is 8.78 Å². The Hall–Kier alpha value is 0.250. The predicted molar refractivity (Wildman–Crippen MR) is 40.3 cm³/mol. The molecule has 0 aromatic carbocycles. The summed E-state index contributed by atoms with van der Waals surface area (Å²) >= 11 is 0. The summed E-state index contributed by atoms with van der Waals surface area (Å²) in [5, 5.41) is 0. The molecule has 3 unspecified atom stereocenters. The largest absolute Gasteiger partial charge is 0.346 e. The minimum absolute atomic E-state index is 0.481.